The van der Waals surface area contributed by atoms with Gasteiger partial charge in [-0.1, -0.05) is 29.5 Å². The Hall–Kier alpha value is -2.66. The Balaban J connectivity index is 2.09. The van der Waals surface area contributed by atoms with Crippen LogP contribution in [-0.4, -0.2) is 17.7 Å². The standard InChI is InChI=1S/C18H18N4S/c1-11-3-4-13(15(20)7-8-19)9-14(11)12-5-6-16-17(10-12)23-18(21-2)22-16/h3-10,20H,19H2,1-2H3,(H,21,22)/b8-7-,20-15?. The summed E-state index contributed by atoms with van der Waals surface area (Å²) in [6.07, 6.45) is 2.99. The van der Waals surface area contributed by atoms with E-state index in [2.05, 4.69) is 29.4 Å². The molecule has 2 aromatic carbocycles. The maximum Gasteiger partial charge on any atom is 0.183 e. The second-order valence-electron chi connectivity index (χ2n) is 5.25. The van der Waals surface area contributed by atoms with Gasteiger partial charge in [-0.3, -0.25) is 0 Å². The Morgan fingerprint density at radius 1 is 1.26 bits per heavy atom. The maximum atomic E-state index is 8.04. The molecule has 0 bridgehead atoms. The van der Waals surface area contributed by atoms with Crippen LogP contribution < -0.4 is 11.1 Å². The molecule has 4 nitrogen and oxygen atoms in total. The first-order valence-electron chi connectivity index (χ1n) is 7.29. The zero-order valence-electron chi connectivity index (χ0n) is 13.1. The zero-order chi connectivity index (χ0) is 16.4. The molecule has 1 aromatic heterocycles. The van der Waals surface area contributed by atoms with Gasteiger partial charge in [0.05, 0.1) is 15.9 Å². The smallest absolute Gasteiger partial charge is 0.183 e. The van der Waals surface area contributed by atoms with Crippen molar-refractivity contribution >= 4 is 32.4 Å². The number of benzene rings is 2. The average molecular weight is 322 g/mol. The maximum absolute atomic E-state index is 8.04. The Morgan fingerprint density at radius 2 is 2.09 bits per heavy atom. The number of hydrogen-bond donors (Lipinski definition) is 3. The van der Waals surface area contributed by atoms with Crippen molar-refractivity contribution in [3.63, 3.8) is 0 Å². The summed E-state index contributed by atoms with van der Waals surface area (Å²) in [4.78, 5) is 4.51. The summed E-state index contributed by atoms with van der Waals surface area (Å²) in [5.74, 6) is 0. The van der Waals surface area contributed by atoms with Gasteiger partial charge in [0.25, 0.3) is 0 Å². The van der Waals surface area contributed by atoms with Crippen molar-refractivity contribution in [3.8, 4) is 11.1 Å². The Bertz CT molecular complexity index is 909. The minimum Gasteiger partial charge on any atom is -0.405 e. The summed E-state index contributed by atoms with van der Waals surface area (Å²) in [7, 11) is 1.88. The minimum absolute atomic E-state index is 0.407. The van der Waals surface area contributed by atoms with E-state index in [0.29, 0.717) is 5.71 Å². The van der Waals surface area contributed by atoms with Gasteiger partial charge in [0, 0.05) is 12.6 Å². The van der Waals surface area contributed by atoms with Crippen LogP contribution in [0.15, 0.2) is 48.7 Å². The number of fused-ring (bicyclic) bond motifs is 1. The third-order valence-electron chi connectivity index (χ3n) is 3.72. The summed E-state index contributed by atoms with van der Waals surface area (Å²) in [5.41, 5.74) is 11.1. The number of aromatic nitrogens is 1. The van der Waals surface area contributed by atoms with Crippen LogP contribution >= 0.6 is 11.3 Å². The van der Waals surface area contributed by atoms with Crippen molar-refractivity contribution in [3.05, 3.63) is 59.8 Å². The first-order valence-corrected chi connectivity index (χ1v) is 8.10. The zero-order valence-corrected chi connectivity index (χ0v) is 13.9. The lowest BCUT2D eigenvalue weighted by atomic mass is 9.96. The molecule has 0 atom stereocenters. The van der Waals surface area contributed by atoms with Gasteiger partial charge in [0.1, 0.15) is 0 Å². The highest BCUT2D eigenvalue weighted by Crippen LogP contribution is 2.32. The average Bonchev–Trinajstić information content (AvgIpc) is 2.97. The molecule has 0 radical (unpaired) electrons. The fourth-order valence-electron chi connectivity index (χ4n) is 2.49. The fourth-order valence-corrected chi connectivity index (χ4v) is 3.35. The van der Waals surface area contributed by atoms with E-state index in [1.807, 2.05) is 31.3 Å². The Kier molecular flexibility index (Phi) is 4.12. The number of thiazole rings is 1. The molecule has 0 unspecified atom stereocenters. The Labute approximate surface area is 139 Å². The van der Waals surface area contributed by atoms with Crippen molar-refractivity contribution in [2.75, 3.05) is 12.4 Å². The summed E-state index contributed by atoms with van der Waals surface area (Å²) < 4.78 is 1.15. The van der Waals surface area contributed by atoms with Gasteiger partial charge < -0.3 is 16.5 Å². The number of nitrogens with zero attached hydrogens (tertiary/aromatic N) is 1. The number of allylic oxidation sites excluding steroid dienone is 1. The predicted molar refractivity (Wildman–Crippen MR) is 99.5 cm³/mol. The number of rotatable bonds is 4. The molecule has 5 heteroatoms. The van der Waals surface area contributed by atoms with Crippen LogP contribution in [0.4, 0.5) is 5.13 Å². The van der Waals surface area contributed by atoms with E-state index < -0.39 is 0 Å². The molecule has 1 heterocycles. The molecule has 0 spiro atoms. The van der Waals surface area contributed by atoms with E-state index in [1.54, 1.807) is 17.4 Å². The molecule has 4 N–H and O–H groups in total. The molecular formula is C18H18N4S. The van der Waals surface area contributed by atoms with Crippen LogP contribution in [0.5, 0.6) is 0 Å². The topological polar surface area (TPSA) is 74.8 Å². The molecule has 0 fully saturated rings. The molecule has 0 aliphatic heterocycles. The second-order valence-corrected chi connectivity index (χ2v) is 6.28. The van der Waals surface area contributed by atoms with Gasteiger partial charge in [0.2, 0.25) is 0 Å². The molecule has 116 valence electrons. The van der Waals surface area contributed by atoms with Crippen molar-refractivity contribution in [1.82, 2.24) is 4.98 Å². The van der Waals surface area contributed by atoms with Gasteiger partial charge in [-0.25, -0.2) is 4.98 Å². The summed E-state index contributed by atoms with van der Waals surface area (Å²) in [6, 6.07) is 12.3. The number of nitrogens with one attached hydrogen (secondary N) is 2. The molecule has 0 aliphatic rings. The highest BCUT2D eigenvalue weighted by atomic mass is 32.1. The van der Waals surface area contributed by atoms with Gasteiger partial charge in [0.15, 0.2) is 5.13 Å². The first kappa shape index (κ1) is 15.2. The molecule has 3 aromatic rings. The van der Waals surface area contributed by atoms with Crippen molar-refractivity contribution in [1.29, 1.82) is 5.41 Å². The van der Waals surface area contributed by atoms with E-state index in [-0.39, 0.29) is 0 Å². The van der Waals surface area contributed by atoms with E-state index in [0.717, 1.165) is 32.0 Å². The third kappa shape index (κ3) is 2.96. The van der Waals surface area contributed by atoms with E-state index in [1.165, 1.54) is 11.8 Å². The van der Waals surface area contributed by atoms with Gasteiger partial charge in [-0.15, -0.1) is 0 Å². The van der Waals surface area contributed by atoms with E-state index >= 15 is 0 Å². The van der Waals surface area contributed by atoms with Gasteiger partial charge in [-0.05, 0) is 54.1 Å². The van der Waals surface area contributed by atoms with Crippen molar-refractivity contribution in [2.24, 2.45) is 5.73 Å². The number of anilines is 1. The van der Waals surface area contributed by atoms with Crippen molar-refractivity contribution < 1.29 is 0 Å². The van der Waals surface area contributed by atoms with Gasteiger partial charge in [-0.2, -0.15) is 0 Å². The first-order chi connectivity index (χ1) is 11.1. The third-order valence-corrected chi connectivity index (χ3v) is 4.76. The number of aryl methyl sites for hydroxylation is 1. The fraction of sp³-hybridized carbons (Fsp3) is 0.111. The summed E-state index contributed by atoms with van der Waals surface area (Å²) in [5, 5.41) is 12.0. The minimum atomic E-state index is 0.407. The van der Waals surface area contributed by atoms with E-state index in [4.69, 9.17) is 11.1 Å². The molecule has 23 heavy (non-hydrogen) atoms. The monoisotopic (exact) mass is 322 g/mol. The van der Waals surface area contributed by atoms with Crippen LogP contribution in [0.3, 0.4) is 0 Å². The lowest BCUT2D eigenvalue weighted by Crippen LogP contribution is -1.97. The SMILES string of the molecule is CNc1nc2ccc(-c3cc(C(=N)/C=C\N)ccc3C)cc2s1. The van der Waals surface area contributed by atoms with E-state index in [9.17, 15) is 0 Å². The highest BCUT2D eigenvalue weighted by Gasteiger charge is 2.08. The molecule has 3 rings (SSSR count). The second kappa shape index (κ2) is 6.22. The molecular weight excluding hydrogens is 304 g/mol. The normalized spacial score (nSPS) is 11.2. The largest absolute Gasteiger partial charge is 0.405 e. The predicted octanol–water partition coefficient (Wildman–Crippen LogP) is 4.15. The number of nitrogens with two attached hydrogens (primary N) is 1. The van der Waals surface area contributed by atoms with Crippen LogP contribution in [0, 0.1) is 12.3 Å². The summed E-state index contributed by atoms with van der Waals surface area (Å²) in [6.45, 7) is 2.08. The molecule has 0 amide bonds. The Morgan fingerprint density at radius 3 is 2.83 bits per heavy atom. The molecule has 0 saturated heterocycles. The van der Waals surface area contributed by atoms with Crippen LogP contribution in [0.25, 0.3) is 21.3 Å². The lowest BCUT2D eigenvalue weighted by molar-refractivity contribution is 1.41. The summed E-state index contributed by atoms with van der Waals surface area (Å²) >= 11 is 1.64. The lowest BCUT2D eigenvalue weighted by Gasteiger charge is -2.09. The quantitative estimate of drug-likeness (QED) is 0.632. The molecule has 0 saturated carbocycles. The highest BCUT2D eigenvalue weighted by molar-refractivity contribution is 7.22. The molecule has 0 aliphatic carbocycles. The van der Waals surface area contributed by atoms with Crippen LogP contribution in [0.1, 0.15) is 11.1 Å². The van der Waals surface area contributed by atoms with Gasteiger partial charge >= 0.3 is 0 Å². The van der Waals surface area contributed by atoms with Crippen LogP contribution in [0.2, 0.25) is 0 Å². The van der Waals surface area contributed by atoms with Crippen LogP contribution in [-0.2, 0) is 0 Å². The van der Waals surface area contributed by atoms with Crippen molar-refractivity contribution in [2.45, 2.75) is 6.92 Å². The number of hydrogen-bond acceptors (Lipinski definition) is 5.